The maximum Gasteiger partial charge on any atom is 0.240 e. The van der Waals surface area contributed by atoms with Gasteiger partial charge >= 0.3 is 0 Å². The third-order valence-electron chi connectivity index (χ3n) is 3.85. The highest BCUT2D eigenvalue weighted by molar-refractivity contribution is 7.89. The Labute approximate surface area is 153 Å². The summed E-state index contributed by atoms with van der Waals surface area (Å²) < 4.78 is 32.7. The van der Waals surface area contributed by atoms with Crippen molar-refractivity contribution < 1.29 is 22.7 Å². The van der Waals surface area contributed by atoms with Crippen LogP contribution < -0.4 is 10.0 Å². The fraction of sp³-hybridized carbons (Fsp3) is 0.389. The van der Waals surface area contributed by atoms with Crippen LogP contribution in [0.3, 0.4) is 0 Å². The van der Waals surface area contributed by atoms with Crippen molar-refractivity contribution in [1.29, 1.82) is 0 Å². The lowest BCUT2D eigenvalue weighted by atomic mass is 10.0. The fourth-order valence-corrected chi connectivity index (χ4v) is 3.84. The van der Waals surface area contributed by atoms with Gasteiger partial charge in [-0.3, -0.25) is 4.79 Å². The molecule has 0 radical (unpaired) electrons. The predicted molar refractivity (Wildman–Crippen MR) is 98.3 cm³/mol. The van der Waals surface area contributed by atoms with Crippen LogP contribution >= 0.6 is 0 Å². The van der Waals surface area contributed by atoms with Gasteiger partial charge in [0.05, 0.1) is 16.8 Å². The Balaban J connectivity index is 2.08. The van der Waals surface area contributed by atoms with Crippen LogP contribution in [0.2, 0.25) is 0 Å². The molecule has 2 rings (SSSR count). The molecule has 0 aliphatic heterocycles. The van der Waals surface area contributed by atoms with E-state index in [4.69, 9.17) is 4.42 Å². The van der Waals surface area contributed by atoms with Gasteiger partial charge in [0.1, 0.15) is 5.76 Å². The summed E-state index contributed by atoms with van der Waals surface area (Å²) in [7, 11) is -3.81. The normalized spacial score (nSPS) is 14.0. The minimum atomic E-state index is -3.81. The highest BCUT2D eigenvalue weighted by Gasteiger charge is 2.26. The number of nitrogens with one attached hydrogen (secondary N) is 2. The van der Waals surface area contributed by atoms with Crippen molar-refractivity contribution in [3.8, 4) is 0 Å². The molecular formula is C18H24N2O5S. The Morgan fingerprint density at radius 3 is 2.62 bits per heavy atom. The Bertz CT molecular complexity index is 858. The molecule has 8 heteroatoms. The molecule has 0 bridgehead atoms. The van der Waals surface area contributed by atoms with Gasteiger partial charge in [-0.15, -0.1) is 0 Å². The van der Waals surface area contributed by atoms with Crippen LogP contribution in [0.15, 0.2) is 45.9 Å². The van der Waals surface area contributed by atoms with Crippen LogP contribution in [0.4, 0.5) is 5.69 Å². The number of aryl methyl sites for hydroxylation is 1. The average Bonchev–Trinajstić information content (AvgIpc) is 3.05. The molecule has 0 aliphatic carbocycles. The van der Waals surface area contributed by atoms with Crippen molar-refractivity contribution in [2.24, 2.45) is 0 Å². The molecule has 0 fully saturated rings. The molecule has 142 valence electrons. The first-order valence-corrected chi connectivity index (χ1v) is 9.76. The minimum Gasteiger partial charge on any atom is -0.469 e. The van der Waals surface area contributed by atoms with Crippen molar-refractivity contribution in [3.05, 3.63) is 47.9 Å². The molecule has 0 spiro atoms. The van der Waals surface area contributed by atoms with Crippen LogP contribution in [0.5, 0.6) is 0 Å². The highest BCUT2D eigenvalue weighted by atomic mass is 32.2. The van der Waals surface area contributed by atoms with Crippen molar-refractivity contribution in [2.75, 3.05) is 11.9 Å². The van der Waals surface area contributed by atoms with Gasteiger partial charge in [0, 0.05) is 25.1 Å². The number of benzene rings is 1. The van der Waals surface area contributed by atoms with E-state index in [0.717, 1.165) is 0 Å². The summed E-state index contributed by atoms with van der Waals surface area (Å²) in [6, 6.07) is 8.00. The predicted octanol–water partition coefficient (Wildman–Crippen LogP) is 2.21. The molecule has 0 saturated carbocycles. The van der Waals surface area contributed by atoms with Crippen molar-refractivity contribution >= 4 is 21.6 Å². The summed E-state index contributed by atoms with van der Waals surface area (Å²) in [5, 5.41) is 13.1. The number of sulfonamides is 1. The quantitative estimate of drug-likeness (QED) is 0.651. The first kappa shape index (κ1) is 20.2. The van der Waals surface area contributed by atoms with E-state index in [1.54, 1.807) is 32.0 Å². The van der Waals surface area contributed by atoms with Gasteiger partial charge in [-0.05, 0) is 49.7 Å². The van der Waals surface area contributed by atoms with E-state index in [1.165, 1.54) is 25.3 Å². The van der Waals surface area contributed by atoms with Gasteiger partial charge < -0.3 is 14.8 Å². The summed E-state index contributed by atoms with van der Waals surface area (Å²) in [6.45, 7) is 4.76. The molecule has 1 aromatic heterocycles. The van der Waals surface area contributed by atoms with E-state index >= 15 is 0 Å². The molecule has 0 aliphatic rings. The molecule has 3 N–H and O–H groups in total. The lowest BCUT2D eigenvalue weighted by molar-refractivity contribution is -0.115. The number of aliphatic hydroxyl groups is 1. The molecule has 1 aromatic carbocycles. The molecule has 0 saturated heterocycles. The minimum absolute atomic E-state index is 0.0980. The number of carbonyl (C=O) groups is 1. The first-order valence-electron chi connectivity index (χ1n) is 8.28. The second-order valence-electron chi connectivity index (χ2n) is 6.46. The molecular weight excluding hydrogens is 356 g/mol. The standard InChI is InChI=1S/C18H24N2O5S/c1-4-17(21)20-14-7-8-16(13(2)10-14)26(23,24)19-12-18(3,22)11-15-6-5-9-25-15/h5-10,19,22H,4,11-12H2,1-3H3,(H,20,21)/t18-/m0/s1. The fourth-order valence-electron chi connectivity index (χ4n) is 2.46. The van der Waals surface area contributed by atoms with Gasteiger partial charge in [-0.1, -0.05) is 6.92 Å². The highest BCUT2D eigenvalue weighted by Crippen LogP contribution is 2.21. The third-order valence-corrected chi connectivity index (χ3v) is 5.41. The molecule has 26 heavy (non-hydrogen) atoms. The number of hydrogen-bond donors (Lipinski definition) is 3. The van der Waals surface area contributed by atoms with Crippen molar-refractivity contribution in [2.45, 2.75) is 44.1 Å². The summed E-state index contributed by atoms with van der Waals surface area (Å²) in [4.78, 5) is 11.5. The SMILES string of the molecule is CCC(=O)Nc1ccc(S(=O)(=O)NC[C@@](C)(O)Cc2ccco2)c(C)c1. The largest absolute Gasteiger partial charge is 0.469 e. The van der Waals surface area contributed by atoms with Crippen LogP contribution in [0, 0.1) is 6.92 Å². The Kier molecular flexibility index (Phi) is 6.22. The molecule has 2 aromatic rings. The number of hydrogen-bond acceptors (Lipinski definition) is 5. The van der Waals surface area contributed by atoms with Gasteiger partial charge in [0.2, 0.25) is 15.9 Å². The van der Waals surface area contributed by atoms with Gasteiger partial charge in [-0.25, -0.2) is 13.1 Å². The number of anilines is 1. The molecule has 1 amide bonds. The summed E-state index contributed by atoms with van der Waals surface area (Å²) >= 11 is 0. The van der Waals surface area contributed by atoms with E-state index in [0.29, 0.717) is 23.4 Å². The summed E-state index contributed by atoms with van der Waals surface area (Å²) in [5.41, 5.74) is -0.261. The second kappa shape index (κ2) is 8.03. The average molecular weight is 380 g/mol. The molecule has 0 unspecified atom stereocenters. The Hall–Kier alpha value is -2.16. The summed E-state index contributed by atoms with van der Waals surface area (Å²) in [6.07, 6.45) is 2.02. The number of furan rings is 1. The Morgan fingerprint density at radius 2 is 2.04 bits per heavy atom. The molecule has 1 heterocycles. The third kappa shape index (κ3) is 5.42. The van der Waals surface area contributed by atoms with Gasteiger partial charge in [0.25, 0.3) is 0 Å². The number of rotatable bonds is 8. The zero-order valence-electron chi connectivity index (χ0n) is 15.1. The lowest BCUT2D eigenvalue weighted by Gasteiger charge is -2.23. The maximum atomic E-state index is 12.6. The van der Waals surface area contributed by atoms with Crippen LogP contribution in [-0.2, 0) is 21.2 Å². The Morgan fingerprint density at radius 1 is 1.31 bits per heavy atom. The topological polar surface area (TPSA) is 109 Å². The first-order chi connectivity index (χ1) is 12.1. The van der Waals surface area contributed by atoms with Gasteiger partial charge in [-0.2, -0.15) is 0 Å². The summed E-state index contributed by atoms with van der Waals surface area (Å²) in [5.74, 6) is 0.425. The van der Waals surface area contributed by atoms with Crippen LogP contribution in [0.25, 0.3) is 0 Å². The number of amides is 1. The van der Waals surface area contributed by atoms with Crippen LogP contribution in [-0.4, -0.2) is 31.6 Å². The molecule has 7 nitrogen and oxygen atoms in total. The van der Waals surface area contributed by atoms with Crippen molar-refractivity contribution in [1.82, 2.24) is 4.72 Å². The number of carbonyl (C=O) groups excluding carboxylic acids is 1. The zero-order chi connectivity index (χ0) is 19.4. The molecule has 1 atom stereocenters. The van der Waals surface area contributed by atoms with E-state index in [2.05, 4.69) is 10.0 Å². The van der Waals surface area contributed by atoms with Crippen LogP contribution in [0.1, 0.15) is 31.6 Å². The van der Waals surface area contributed by atoms with E-state index < -0.39 is 15.6 Å². The smallest absolute Gasteiger partial charge is 0.240 e. The van der Waals surface area contributed by atoms with E-state index in [1.807, 2.05) is 0 Å². The van der Waals surface area contributed by atoms with E-state index in [-0.39, 0.29) is 23.8 Å². The second-order valence-corrected chi connectivity index (χ2v) is 8.20. The van der Waals surface area contributed by atoms with E-state index in [9.17, 15) is 18.3 Å². The zero-order valence-corrected chi connectivity index (χ0v) is 15.9. The maximum absolute atomic E-state index is 12.6. The van der Waals surface area contributed by atoms with Crippen molar-refractivity contribution in [3.63, 3.8) is 0 Å². The van der Waals surface area contributed by atoms with Gasteiger partial charge in [0.15, 0.2) is 0 Å². The monoisotopic (exact) mass is 380 g/mol. The lowest BCUT2D eigenvalue weighted by Crippen LogP contribution is -2.42.